The molecule has 0 bridgehead atoms. The Labute approximate surface area is 125 Å². The second-order valence-electron chi connectivity index (χ2n) is 5.54. The van der Waals surface area contributed by atoms with E-state index in [1.807, 2.05) is 19.1 Å². The number of nitrogens with zero attached hydrogens (tertiary/aromatic N) is 2. The lowest BCUT2D eigenvalue weighted by Gasteiger charge is -2.21. The van der Waals surface area contributed by atoms with Crippen molar-refractivity contribution in [2.24, 2.45) is 0 Å². The van der Waals surface area contributed by atoms with Crippen molar-refractivity contribution in [3.8, 4) is 0 Å². The summed E-state index contributed by atoms with van der Waals surface area (Å²) in [6.45, 7) is 6.14. The van der Waals surface area contributed by atoms with Gasteiger partial charge in [0.05, 0.1) is 12.6 Å². The number of aryl methyl sites for hydroxylation is 1. The molecule has 0 aliphatic carbocycles. The van der Waals surface area contributed by atoms with Gasteiger partial charge in [-0.15, -0.1) is 0 Å². The monoisotopic (exact) mass is 292 g/mol. The molecule has 1 aromatic rings. The van der Waals surface area contributed by atoms with Crippen LogP contribution in [0.1, 0.15) is 31.0 Å². The average molecular weight is 292 g/mol. The fourth-order valence-electron chi connectivity index (χ4n) is 2.41. The number of urea groups is 1. The molecule has 1 fully saturated rings. The molecule has 0 unspecified atom stereocenters. The van der Waals surface area contributed by atoms with Gasteiger partial charge < -0.3 is 20.6 Å². The third-order valence-corrected chi connectivity index (χ3v) is 3.59. The van der Waals surface area contributed by atoms with Crippen molar-refractivity contribution in [3.63, 3.8) is 0 Å². The smallest absolute Gasteiger partial charge is 0.315 e. The maximum atomic E-state index is 11.7. The molecule has 0 radical (unpaired) electrons. The average Bonchev–Trinajstić information content (AvgIpc) is 2.99. The molecule has 21 heavy (non-hydrogen) atoms. The van der Waals surface area contributed by atoms with Crippen LogP contribution in [0.25, 0.3) is 0 Å². The van der Waals surface area contributed by atoms with E-state index in [1.54, 1.807) is 6.92 Å². The highest BCUT2D eigenvalue weighted by Crippen LogP contribution is 2.22. The van der Waals surface area contributed by atoms with Gasteiger partial charge in [0.1, 0.15) is 5.82 Å². The van der Waals surface area contributed by atoms with E-state index in [-0.39, 0.29) is 18.7 Å². The van der Waals surface area contributed by atoms with Crippen LogP contribution in [0.4, 0.5) is 10.6 Å². The van der Waals surface area contributed by atoms with Gasteiger partial charge in [-0.2, -0.15) is 0 Å². The fraction of sp³-hybridized carbons (Fsp3) is 0.600. The number of aromatic nitrogens is 1. The summed E-state index contributed by atoms with van der Waals surface area (Å²) in [5.74, 6) is 0.975. The van der Waals surface area contributed by atoms with Gasteiger partial charge >= 0.3 is 6.03 Å². The Morgan fingerprint density at radius 3 is 2.81 bits per heavy atom. The number of rotatable bonds is 5. The van der Waals surface area contributed by atoms with Crippen LogP contribution in [0.2, 0.25) is 0 Å². The first-order valence-electron chi connectivity index (χ1n) is 7.47. The van der Waals surface area contributed by atoms with E-state index in [0.717, 1.165) is 30.2 Å². The van der Waals surface area contributed by atoms with Crippen molar-refractivity contribution in [1.82, 2.24) is 15.6 Å². The molecule has 1 aromatic heterocycles. The first-order valence-corrected chi connectivity index (χ1v) is 7.47. The molecule has 2 amide bonds. The number of amides is 2. The number of aliphatic hydroxyl groups excluding tert-OH is 1. The largest absolute Gasteiger partial charge is 0.394 e. The van der Waals surface area contributed by atoms with Gasteiger partial charge in [0, 0.05) is 30.9 Å². The first kappa shape index (κ1) is 15.6. The minimum absolute atomic E-state index is 0.0709. The molecule has 0 saturated carbocycles. The summed E-state index contributed by atoms with van der Waals surface area (Å²) in [4.78, 5) is 18.6. The summed E-state index contributed by atoms with van der Waals surface area (Å²) in [6, 6.07) is 3.46. The van der Waals surface area contributed by atoms with Crippen molar-refractivity contribution in [2.75, 3.05) is 24.6 Å². The van der Waals surface area contributed by atoms with Crippen LogP contribution >= 0.6 is 0 Å². The molecule has 2 rings (SSSR count). The highest BCUT2D eigenvalue weighted by atomic mass is 16.3. The number of hydrogen-bond donors (Lipinski definition) is 3. The Morgan fingerprint density at radius 1 is 1.43 bits per heavy atom. The molecule has 1 aliphatic rings. The SMILES string of the molecule is Cc1ccc(CNC(=O)N[C@@H](C)CO)c(N2CCCC2)n1. The summed E-state index contributed by atoms with van der Waals surface area (Å²) < 4.78 is 0. The third kappa shape index (κ3) is 4.32. The summed E-state index contributed by atoms with van der Waals surface area (Å²) in [7, 11) is 0. The number of nitrogens with one attached hydrogen (secondary N) is 2. The number of hydrogen-bond acceptors (Lipinski definition) is 4. The maximum Gasteiger partial charge on any atom is 0.315 e. The van der Waals surface area contributed by atoms with Crippen molar-refractivity contribution < 1.29 is 9.90 Å². The first-order chi connectivity index (χ1) is 10.1. The molecule has 6 nitrogen and oxygen atoms in total. The Hall–Kier alpha value is -1.82. The standard InChI is InChI=1S/C15H24N4O2/c1-11-5-6-13(9-16-15(21)18-12(2)10-20)14(17-11)19-7-3-4-8-19/h5-6,12,20H,3-4,7-10H2,1-2H3,(H2,16,18,21)/t12-/m0/s1. The third-order valence-electron chi connectivity index (χ3n) is 3.59. The molecule has 2 heterocycles. The van der Waals surface area contributed by atoms with Gasteiger partial charge in [0.2, 0.25) is 0 Å². The van der Waals surface area contributed by atoms with E-state index >= 15 is 0 Å². The lowest BCUT2D eigenvalue weighted by Crippen LogP contribution is -2.42. The van der Waals surface area contributed by atoms with Crippen LogP contribution in [0.15, 0.2) is 12.1 Å². The Morgan fingerprint density at radius 2 is 2.14 bits per heavy atom. The Bertz CT molecular complexity index is 487. The second kappa shape index (κ2) is 7.26. The number of carbonyl (C=O) groups excluding carboxylic acids is 1. The van der Waals surface area contributed by atoms with Crippen LogP contribution in [-0.2, 0) is 6.54 Å². The summed E-state index contributed by atoms with van der Waals surface area (Å²) >= 11 is 0. The minimum Gasteiger partial charge on any atom is -0.394 e. The lowest BCUT2D eigenvalue weighted by atomic mass is 10.2. The summed E-state index contributed by atoms with van der Waals surface area (Å²) in [6.07, 6.45) is 2.38. The molecule has 0 spiro atoms. The van der Waals surface area contributed by atoms with Crippen LogP contribution < -0.4 is 15.5 Å². The molecular weight excluding hydrogens is 268 g/mol. The molecular formula is C15H24N4O2. The number of carbonyl (C=O) groups is 1. The van der Waals surface area contributed by atoms with Crippen LogP contribution in [0.3, 0.4) is 0 Å². The van der Waals surface area contributed by atoms with Crippen LogP contribution in [-0.4, -0.2) is 41.9 Å². The van der Waals surface area contributed by atoms with Gasteiger partial charge in [-0.1, -0.05) is 6.07 Å². The van der Waals surface area contributed by atoms with Crippen molar-refractivity contribution >= 4 is 11.8 Å². The highest BCUT2D eigenvalue weighted by Gasteiger charge is 2.17. The molecule has 1 atom stereocenters. The molecule has 116 valence electrons. The molecule has 6 heteroatoms. The van der Waals surface area contributed by atoms with Crippen molar-refractivity contribution in [2.45, 2.75) is 39.3 Å². The molecule has 1 saturated heterocycles. The zero-order valence-electron chi connectivity index (χ0n) is 12.7. The zero-order chi connectivity index (χ0) is 15.2. The maximum absolute atomic E-state index is 11.7. The second-order valence-corrected chi connectivity index (χ2v) is 5.54. The molecule has 0 aromatic carbocycles. The number of anilines is 1. The summed E-state index contributed by atoms with van der Waals surface area (Å²) in [5.41, 5.74) is 2.01. The van der Waals surface area contributed by atoms with E-state index < -0.39 is 0 Å². The Kier molecular flexibility index (Phi) is 5.38. The number of aliphatic hydroxyl groups is 1. The quantitative estimate of drug-likeness (QED) is 0.761. The van der Waals surface area contributed by atoms with E-state index in [2.05, 4.69) is 20.5 Å². The van der Waals surface area contributed by atoms with Crippen LogP contribution in [0.5, 0.6) is 0 Å². The predicted octanol–water partition coefficient (Wildman–Crippen LogP) is 1.17. The normalized spacial score (nSPS) is 15.9. The number of pyridine rings is 1. The Balaban J connectivity index is 2.00. The van der Waals surface area contributed by atoms with Crippen molar-refractivity contribution in [3.05, 3.63) is 23.4 Å². The van der Waals surface area contributed by atoms with E-state index in [0.29, 0.717) is 6.54 Å². The zero-order valence-corrected chi connectivity index (χ0v) is 12.7. The minimum atomic E-state index is -0.274. The van der Waals surface area contributed by atoms with Gasteiger partial charge in [0.25, 0.3) is 0 Å². The van der Waals surface area contributed by atoms with E-state index in [1.165, 1.54) is 12.8 Å². The topological polar surface area (TPSA) is 77.5 Å². The highest BCUT2D eigenvalue weighted by molar-refractivity contribution is 5.74. The molecule has 1 aliphatic heterocycles. The predicted molar refractivity (Wildman–Crippen MR) is 82.3 cm³/mol. The summed E-state index contributed by atoms with van der Waals surface area (Å²) in [5, 5.41) is 14.4. The fourth-order valence-corrected chi connectivity index (χ4v) is 2.41. The van der Waals surface area contributed by atoms with Gasteiger partial charge in [-0.3, -0.25) is 0 Å². The molecule has 3 N–H and O–H groups in total. The van der Waals surface area contributed by atoms with Crippen LogP contribution in [0, 0.1) is 6.92 Å². The van der Waals surface area contributed by atoms with Gasteiger partial charge in [-0.25, -0.2) is 9.78 Å². The van der Waals surface area contributed by atoms with Gasteiger partial charge in [-0.05, 0) is 32.8 Å². The van der Waals surface area contributed by atoms with E-state index in [9.17, 15) is 4.79 Å². The van der Waals surface area contributed by atoms with E-state index in [4.69, 9.17) is 5.11 Å². The van der Waals surface area contributed by atoms with Gasteiger partial charge in [0.15, 0.2) is 0 Å². The lowest BCUT2D eigenvalue weighted by molar-refractivity contribution is 0.220. The van der Waals surface area contributed by atoms with Crippen molar-refractivity contribution in [1.29, 1.82) is 0 Å².